The molecule has 0 heterocycles. The molecule has 2 nitrogen and oxygen atoms in total. The van der Waals surface area contributed by atoms with Crippen LogP contribution in [0.2, 0.25) is 0 Å². The lowest BCUT2D eigenvalue weighted by Gasteiger charge is -2.21. The molecule has 76 valence electrons. The Hall–Kier alpha value is -0.670. The molecule has 1 aliphatic carbocycles. The van der Waals surface area contributed by atoms with Crippen LogP contribution in [-0.2, 0) is 4.79 Å². The van der Waals surface area contributed by atoms with Crippen LogP contribution in [0.5, 0.6) is 0 Å². The van der Waals surface area contributed by atoms with Crippen molar-refractivity contribution in [2.75, 3.05) is 0 Å². The predicted octanol–water partition coefficient (Wildman–Crippen LogP) is 1.95. The second-order valence-electron chi connectivity index (χ2n) is 3.87. The van der Waals surface area contributed by atoms with Crippen molar-refractivity contribution in [1.82, 2.24) is 5.32 Å². The van der Waals surface area contributed by atoms with Gasteiger partial charge in [0.15, 0.2) is 0 Å². The second-order valence-corrected chi connectivity index (χ2v) is 3.87. The van der Waals surface area contributed by atoms with Gasteiger partial charge in [0.2, 0.25) is 5.91 Å². The molecule has 1 amide bonds. The van der Waals surface area contributed by atoms with Gasteiger partial charge in [0.25, 0.3) is 5.92 Å². The van der Waals surface area contributed by atoms with Crippen LogP contribution in [0.15, 0.2) is 0 Å². The van der Waals surface area contributed by atoms with E-state index in [0.29, 0.717) is 12.8 Å². The van der Waals surface area contributed by atoms with E-state index < -0.39 is 12.0 Å². The lowest BCUT2D eigenvalue weighted by Crippen LogP contribution is -2.45. The van der Waals surface area contributed by atoms with Crippen molar-refractivity contribution in [2.45, 2.75) is 45.1 Å². The first-order valence-electron chi connectivity index (χ1n) is 4.61. The van der Waals surface area contributed by atoms with Gasteiger partial charge in [-0.1, -0.05) is 13.8 Å². The zero-order valence-electron chi connectivity index (χ0n) is 7.94. The van der Waals surface area contributed by atoms with Crippen molar-refractivity contribution in [3.05, 3.63) is 0 Å². The Balaban J connectivity index is 2.50. The van der Waals surface area contributed by atoms with Gasteiger partial charge in [0, 0.05) is 12.3 Å². The summed E-state index contributed by atoms with van der Waals surface area (Å²) in [4.78, 5) is 11.1. The molecule has 0 aromatic rings. The smallest absolute Gasteiger partial charge is 0.267 e. The normalized spacial score (nSPS) is 26.4. The molecular formula is C9H15F2NO. The number of halogens is 2. The minimum absolute atomic E-state index is 0.101. The van der Waals surface area contributed by atoms with Crippen LogP contribution < -0.4 is 5.32 Å². The minimum atomic E-state index is -2.70. The zero-order chi connectivity index (χ0) is 10.1. The van der Waals surface area contributed by atoms with Crippen molar-refractivity contribution >= 4 is 5.91 Å². The number of carbonyl (C=O) groups is 1. The van der Waals surface area contributed by atoms with Crippen LogP contribution in [0.25, 0.3) is 0 Å². The number of hydrogen-bond donors (Lipinski definition) is 1. The summed E-state index contributed by atoms with van der Waals surface area (Å²) in [5.74, 6) is -3.21. The number of carbonyl (C=O) groups excluding carboxylic acids is 1. The van der Waals surface area contributed by atoms with Gasteiger partial charge >= 0.3 is 0 Å². The van der Waals surface area contributed by atoms with Gasteiger partial charge in [0.1, 0.15) is 0 Å². The van der Waals surface area contributed by atoms with E-state index in [9.17, 15) is 13.6 Å². The van der Waals surface area contributed by atoms with E-state index in [0.717, 1.165) is 0 Å². The molecule has 1 atom stereocenters. The number of amides is 1. The largest absolute Gasteiger partial charge is 0.347 e. The van der Waals surface area contributed by atoms with Crippen LogP contribution in [0.4, 0.5) is 8.78 Å². The third-order valence-electron chi connectivity index (χ3n) is 2.35. The first-order chi connectivity index (χ1) is 5.93. The molecule has 0 radical (unpaired) electrons. The molecule has 4 heteroatoms. The first-order valence-corrected chi connectivity index (χ1v) is 4.61. The summed E-state index contributed by atoms with van der Waals surface area (Å²) in [6, 6.07) is -0.942. The molecule has 0 spiro atoms. The molecular weight excluding hydrogens is 176 g/mol. The zero-order valence-corrected chi connectivity index (χ0v) is 7.94. The molecule has 0 aromatic carbocycles. The summed E-state index contributed by atoms with van der Waals surface area (Å²) in [5.41, 5.74) is 0. The fourth-order valence-corrected chi connectivity index (χ4v) is 1.44. The Labute approximate surface area is 76.7 Å². The molecule has 1 aliphatic rings. The molecule has 1 unspecified atom stereocenters. The van der Waals surface area contributed by atoms with Crippen LogP contribution >= 0.6 is 0 Å². The van der Waals surface area contributed by atoms with Gasteiger partial charge in [0.05, 0.1) is 6.04 Å². The Morgan fingerprint density at radius 3 is 2.54 bits per heavy atom. The molecule has 1 rings (SSSR count). The highest BCUT2D eigenvalue weighted by Gasteiger charge is 2.44. The number of hydrogen-bond acceptors (Lipinski definition) is 1. The van der Waals surface area contributed by atoms with Gasteiger partial charge in [-0.25, -0.2) is 8.78 Å². The highest BCUT2D eigenvalue weighted by atomic mass is 19.3. The van der Waals surface area contributed by atoms with Gasteiger partial charge < -0.3 is 5.32 Å². The molecule has 13 heavy (non-hydrogen) atoms. The van der Waals surface area contributed by atoms with Crippen LogP contribution in [0.3, 0.4) is 0 Å². The van der Waals surface area contributed by atoms with E-state index in [4.69, 9.17) is 0 Å². The van der Waals surface area contributed by atoms with Crippen LogP contribution in [0.1, 0.15) is 33.1 Å². The van der Waals surface area contributed by atoms with Crippen molar-refractivity contribution in [1.29, 1.82) is 0 Å². The highest BCUT2D eigenvalue weighted by molar-refractivity contribution is 5.78. The lowest BCUT2D eigenvalue weighted by molar-refractivity contribution is -0.127. The van der Waals surface area contributed by atoms with E-state index in [-0.39, 0.29) is 18.2 Å². The first kappa shape index (κ1) is 10.4. The summed E-state index contributed by atoms with van der Waals surface area (Å²) in [6.45, 7) is 3.39. The number of nitrogens with one attached hydrogen (secondary N) is 1. The maximum Gasteiger partial charge on any atom is 0.267 e. The van der Waals surface area contributed by atoms with Crippen molar-refractivity contribution in [2.24, 2.45) is 5.92 Å². The number of rotatable bonds is 2. The minimum Gasteiger partial charge on any atom is -0.347 e. The molecule has 1 N–H and O–H groups in total. The van der Waals surface area contributed by atoms with Gasteiger partial charge in [-0.15, -0.1) is 0 Å². The van der Waals surface area contributed by atoms with Crippen LogP contribution in [-0.4, -0.2) is 17.9 Å². The third kappa shape index (κ3) is 2.39. The monoisotopic (exact) mass is 191 g/mol. The third-order valence-corrected chi connectivity index (χ3v) is 2.35. The molecule has 0 aliphatic heterocycles. The van der Waals surface area contributed by atoms with Gasteiger partial charge in [-0.3, -0.25) is 4.79 Å². The Morgan fingerprint density at radius 1 is 1.54 bits per heavy atom. The van der Waals surface area contributed by atoms with Crippen LogP contribution in [0, 0.1) is 5.92 Å². The molecule has 0 aromatic heterocycles. The summed E-state index contributed by atoms with van der Waals surface area (Å²) in [5, 5.41) is 2.38. The summed E-state index contributed by atoms with van der Waals surface area (Å²) in [7, 11) is 0. The quantitative estimate of drug-likeness (QED) is 0.710. The fraction of sp³-hybridized carbons (Fsp3) is 0.889. The maximum atomic E-state index is 13.0. The predicted molar refractivity (Wildman–Crippen MR) is 45.6 cm³/mol. The summed E-state index contributed by atoms with van der Waals surface area (Å²) in [6.07, 6.45) is 0.789. The summed E-state index contributed by atoms with van der Waals surface area (Å²) >= 11 is 0. The Morgan fingerprint density at radius 2 is 2.15 bits per heavy atom. The van der Waals surface area contributed by atoms with E-state index in [2.05, 4.69) is 5.32 Å². The van der Waals surface area contributed by atoms with E-state index in [1.54, 1.807) is 13.8 Å². The number of alkyl halides is 2. The topological polar surface area (TPSA) is 29.1 Å². The average molecular weight is 191 g/mol. The average Bonchev–Trinajstić information content (AvgIpc) is 2.30. The standard InChI is InChI=1S/C9H15F2NO/c1-6(2)8(13)12-7-4-3-5-9(7,10)11/h6-7H,3-5H2,1-2H3,(H,12,13). The molecule has 1 fully saturated rings. The maximum absolute atomic E-state index is 13.0. The SMILES string of the molecule is CC(C)C(=O)NC1CCCC1(F)F. The van der Waals surface area contributed by atoms with E-state index >= 15 is 0 Å². The van der Waals surface area contributed by atoms with E-state index in [1.165, 1.54) is 0 Å². The fourth-order valence-electron chi connectivity index (χ4n) is 1.44. The van der Waals surface area contributed by atoms with Gasteiger partial charge in [-0.2, -0.15) is 0 Å². The van der Waals surface area contributed by atoms with Crippen molar-refractivity contribution in [3.8, 4) is 0 Å². The lowest BCUT2D eigenvalue weighted by atomic mass is 10.1. The molecule has 0 bridgehead atoms. The van der Waals surface area contributed by atoms with Crippen molar-refractivity contribution in [3.63, 3.8) is 0 Å². The second kappa shape index (κ2) is 3.60. The van der Waals surface area contributed by atoms with Crippen molar-refractivity contribution < 1.29 is 13.6 Å². The molecule has 1 saturated carbocycles. The summed E-state index contributed by atoms with van der Waals surface area (Å²) < 4.78 is 26.0. The van der Waals surface area contributed by atoms with Gasteiger partial charge in [-0.05, 0) is 12.8 Å². The Bertz CT molecular complexity index is 204. The van der Waals surface area contributed by atoms with E-state index in [1.807, 2.05) is 0 Å². The molecule has 0 saturated heterocycles. The Kier molecular flexibility index (Phi) is 2.88. The highest BCUT2D eigenvalue weighted by Crippen LogP contribution is 2.35.